The number of anilines is 2. The van der Waals surface area contributed by atoms with Crippen molar-refractivity contribution in [2.24, 2.45) is 0 Å². The second-order valence-corrected chi connectivity index (χ2v) is 4.61. The molecule has 2 rings (SSSR count). The molecule has 18 heavy (non-hydrogen) atoms. The van der Waals surface area contributed by atoms with Gasteiger partial charge in [0, 0.05) is 11.2 Å². The summed E-state index contributed by atoms with van der Waals surface area (Å²) >= 11 is 17.4. The van der Waals surface area contributed by atoms with E-state index in [0.717, 1.165) is 0 Å². The number of pyridine rings is 1. The molecule has 6 heteroatoms. The predicted octanol–water partition coefficient (Wildman–Crippen LogP) is 4.51. The lowest BCUT2D eigenvalue weighted by Gasteiger charge is -2.10. The van der Waals surface area contributed by atoms with Crippen LogP contribution >= 0.6 is 34.8 Å². The number of carbonyl (C=O) groups is 1. The highest BCUT2D eigenvalue weighted by Gasteiger charge is 2.11. The summed E-state index contributed by atoms with van der Waals surface area (Å²) in [5.74, 6) is 0.335. The van der Waals surface area contributed by atoms with E-state index in [1.807, 2.05) is 0 Å². The molecule has 0 aliphatic carbocycles. The van der Waals surface area contributed by atoms with E-state index in [2.05, 4.69) is 10.3 Å². The Kier molecular flexibility index (Phi) is 4.07. The van der Waals surface area contributed by atoms with Gasteiger partial charge in [0.15, 0.2) is 0 Å². The number of aromatic nitrogens is 1. The summed E-state index contributed by atoms with van der Waals surface area (Å²) in [4.78, 5) is 15.3. The summed E-state index contributed by atoms with van der Waals surface area (Å²) in [5.41, 5.74) is 0.831. The van der Waals surface area contributed by atoms with Gasteiger partial charge in [0.2, 0.25) is 0 Å². The van der Waals surface area contributed by atoms with Crippen molar-refractivity contribution >= 4 is 51.6 Å². The molecule has 0 bridgehead atoms. The van der Waals surface area contributed by atoms with Crippen molar-refractivity contribution in [1.82, 2.24) is 4.98 Å². The summed E-state index contributed by atoms with van der Waals surface area (Å²) < 4.78 is 0. The average molecular weight is 302 g/mol. The van der Waals surface area contributed by atoms with Gasteiger partial charge in [-0.2, -0.15) is 0 Å². The molecule has 1 aromatic heterocycles. The van der Waals surface area contributed by atoms with Crippen LogP contribution in [0.4, 0.5) is 11.5 Å². The normalized spacial score (nSPS) is 10.2. The molecule has 0 fully saturated rings. The summed E-state index contributed by atoms with van der Waals surface area (Å²) in [5, 5.41) is 3.33. The van der Waals surface area contributed by atoms with E-state index in [1.165, 1.54) is 0 Å². The molecule has 0 radical (unpaired) electrons. The first-order valence-electron chi connectivity index (χ1n) is 4.95. The standard InChI is InChI=1S/C12H7Cl3N2O/c13-7-3-4-9(14)10(6-7)17-12-8(11(15)18)2-1-5-16-12/h1-6H,(H,16,17). The van der Waals surface area contributed by atoms with Gasteiger partial charge in [-0.3, -0.25) is 4.79 Å². The Morgan fingerprint density at radius 2 is 2.00 bits per heavy atom. The van der Waals surface area contributed by atoms with E-state index in [-0.39, 0.29) is 5.56 Å². The van der Waals surface area contributed by atoms with E-state index in [9.17, 15) is 4.79 Å². The van der Waals surface area contributed by atoms with Gasteiger partial charge < -0.3 is 5.32 Å². The van der Waals surface area contributed by atoms with Crippen molar-refractivity contribution in [3.63, 3.8) is 0 Å². The van der Waals surface area contributed by atoms with Crippen molar-refractivity contribution in [3.05, 3.63) is 52.1 Å². The van der Waals surface area contributed by atoms with Crippen LogP contribution in [0, 0.1) is 0 Å². The summed E-state index contributed by atoms with van der Waals surface area (Å²) in [7, 11) is 0. The lowest BCUT2D eigenvalue weighted by Crippen LogP contribution is -2.01. The Bertz CT molecular complexity index is 602. The fraction of sp³-hybridized carbons (Fsp3) is 0. The number of hydrogen-bond donors (Lipinski definition) is 1. The maximum Gasteiger partial charge on any atom is 0.256 e. The van der Waals surface area contributed by atoms with Crippen molar-refractivity contribution in [3.8, 4) is 0 Å². The van der Waals surface area contributed by atoms with Gasteiger partial charge in [-0.1, -0.05) is 23.2 Å². The maximum atomic E-state index is 11.2. The zero-order chi connectivity index (χ0) is 13.1. The zero-order valence-electron chi connectivity index (χ0n) is 8.95. The van der Waals surface area contributed by atoms with Crippen molar-refractivity contribution in [2.75, 3.05) is 5.32 Å². The van der Waals surface area contributed by atoms with Crippen molar-refractivity contribution in [2.45, 2.75) is 0 Å². The van der Waals surface area contributed by atoms with Crippen LogP contribution < -0.4 is 5.32 Å². The van der Waals surface area contributed by atoms with Gasteiger partial charge in [-0.05, 0) is 41.9 Å². The van der Waals surface area contributed by atoms with Crippen LogP contribution in [0.25, 0.3) is 0 Å². The Balaban J connectivity index is 2.40. The highest BCUT2D eigenvalue weighted by molar-refractivity contribution is 6.68. The number of nitrogens with zero attached hydrogens (tertiary/aromatic N) is 1. The molecule has 0 unspecified atom stereocenters. The molecule has 0 spiro atoms. The minimum Gasteiger partial charge on any atom is -0.338 e. The third-order valence-corrected chi connectivity index (χ3v) is 2.97. The van der Waals surface area contributed by atoms with Crippen LogP contribution in [0.2, 0.25) is 10.0 Å². The second-order valence-electron chi connectivity index (χ2n) is 3.42. The van der Waals surface area contributed by atoms with Crippen molar-refractivity contribution in [1.29, 1.82) is 0 Å². The Morgan fingerprint density at radius 3 is 2.72 bits per heavy atom. The molecule has 0 saturated carbocycles. The molecule has 0 saturated heterocycles. The lowest BCUT2D eigenvalue weighted by atomic mass is 10.2. The monoisotopic (exact) mass is 300 g/mol. The third kappa shape index (κ3) is 2.93. The SMILES string of the molecule is O=C(Cl)c1cccnc1Nc1cc(Cl)ccc1Cl. The lowest BCUT2D eigenvalue weighted by molar-refractivity contribution is 0.108. The third-order valence-electron chi connectivity index (χ3n) is 2.20. The molecule has 92 valence electrons. The van der Waals surface area contributed by atoms with E-state index in [0.29, 0.717) is 21.6 Å². The smallest absolute Gasteiger partial charge is 0.256 e. The minimum absolute atomic E-state index is 0.273. The van der Waals surface area contributed by atoms with Crippen molar-refractivity contribution < 1.29 is 4.79 Å². The number of nitrogens with one attached hydrogen (secondary N) is 1. The zero-order valence-corrected chi connectivity index (χ0v) is 11.2. The second kappa shape index (κ2) is 5.57. The topological polar surface area (TPSA) is 42.0 Å². The number of rotatable bonds is 3. The van der Waals surface area contributed by atoms with E-state index < -0.39 is 5.24 Å². The number of carbonyl (C=O) groups excluding carboxylic acids is 1. The molecule has 2 aromatic rings. The highest BCUT2D eigenvalue weighted by atomic mass is 35.5. The molecule has 0 atom stereocenters. The fourth-order valence-corrected chi connectivity index (χ4v) is 1.87. The first-order chi connectivity index (χ1) is 8.58. The van der Waals surface area contributed by atoms with Gasteiger partial charge in [0.05, 0.1) is 16.3 Å². The maximum absolute atomic E-state index is 11.2. The molecule has 1 aromatic carbocycles. The van der Waals surface area contributed by atoms with Crippen LogP contribution in [0.5, 0.6) is 0 Å². The van der Waals surface area contributed by atoms with E-state index in [4.69, 9.17) is 34.8 Å². The van der Waals surface area contributed by atoms with E-state index in [1.54, 1.807) is 36.5 Å². The Morgan fingerprint density at radius 1 is 1.22 bits per heavy atom. The molecule has 1 N–H and O–H groups in total. The van der Waals surface area contributed by atoms with Crippen LogP contribution in [-0.2, 0) is 0 Å². The minimum atomic E-state index is -0.594. The number of hydrogen-bond acceptors (Lipinski definition) is 3. The first kappa shape index (κ1) is 13.1. The Labute approximate surface area is 119 Å². The van der Waals surface area contributed by atoms with E-state index >= 15 is 0 Å². The quantitative estimate of drug-likeness (QED) is 0.848. The van der Waals surface area contributed by atoms with Gasteiger partial charge in [0.1, 0.15) is 5.82 Å². The van der Waals surface area contributed by atoms with Gasteiger partial charge in [-0.25, -0.2) is 4.98 Å². The Hall–Kier alpha value is -1.29. The molecular weight excluding hydrogens is 295 g/mol. The van der Waals surface area contributed by atoms with Gasteiger partial charge >= 0.3 is 0 Å². The van der Waals surface area contributed by atoms with Crippen LogP contribution in [0.1, 0.15) is 10.4 Å². The number of benzene rings is 1. The molecule has 1 heterocycles. The largest absolute Gasteiger partial charge is 0.338 e. The molecule has 0 amide bonds. The van der Waals surface area contributed by atoms with Gasteiger partial charge in [-0.15, -0.1) is 0 Å². The average Bonchev–Trinajstić information content (AvgIpc) is 2.34. The predicted molar refractivity (Wildman–Crippen MR) is 74.2 cm³/mol. The molecular formula is C12H7Cl3N2O. The number of halogens is 3. The highest BCUT2D eigenvalue weighted by Crippen LogP contribution is 2.29. The summed E-state index contributed by atoms with van der Waals surface area (Å²) in [6, 6.07) is 8.16. The fourth-order valence-electron chi connectivity index (χ4n) is 1.38. The molecule has 0 aliphatic heterocycles. The summed E-state index contributed by atoms with van der Waals surface area (Å²) in [6.45, 7) is 0. The molecule has 3 nitrogen and oxygen atoms in total. The van der Waals surface area contributed by atoms with Gasteiger partial charge in [0.25, 0.3) is 5.24 Å². The van der Waals surface area contributed by atoms with Crippen LogP contribution in [-0.4, -0.2) is 10.2 Å². The first-order valence-corrected chi connectivity index (χ1v) is 6.08. The summed E-state index contributed by atoms with van der Waals surface area (Å²) in [6.07, 6.45) is 1.55. The van der Waals surface area contributed by atoms with Crippen LogP contribution in [0.15, 0.2) is 36.5 Å². The molecule has 0 aliphatic rings. The van der Waals surface area contributed by atoms with Crippen LogP contribution in [0.3, 0.4) is 0 Å².